The third-order valence-corrected chi connectivity index (χ3v) is 3.46. The third-order valence-electron chi connectivity index (χ3n) is 3.46. The average molecular weight is 318 g/mol. The van der Waals surface area contributed by atoms with E-state index in [0.29, 0.717) is 24.6 Å². The molecule has 0 fully saturated rings. The number of non-ortho nitro benzene ring substituents is 1. The van der Waals surface area contributed by atoms with Crippen molar-refractivity contribution in [2.45, 2.75) is 13.5 Å². The van der Waals surface area contributed by atoms with E-state index in [9.17, 15) is 14.9 Å². The molecule has 0 spiro atoms. The fraction of sp³-hybridized carbons (Fsp3) is 0.312. The molecule has 0 saturated heterocycles. The quantitative estimate of drug-likeness (QED) is 0.622. The van der Waals surface area contributed by atoms with E-state index in [0.717, 1.165) is 5.56 Å². The van der Waals surface area contributed by atoms with Gasteiger partial charge in [-0.1, -0.05) is 6.92 Å². The second kappa shape index (κ2) is 7.06. The Labute approximate surface area is 133 Å². The Morgan fingerprint density at radius 3 is 2.52 bits per heavy atom. The van der Waals surface area contributed by atoms with Crippen molar-refractivity contribution in [1.82, 2.24) is 4.90 Å². The van der Waals surface area contributed by atoms with E-state index in [-0.39, 0.29) is 5.69 Å². The van der Waals surface area contributed by atoms with E-state index in [4.69, 9.17) is 9.52 Å². The molecular formula is C16H18N2O5. The number of benzene rings is 1. The van der Waals surface area contributed by atoms with Crippen LogP contribution in [0.3, 0.4) is 0 Å². The van der Waals surface area contributed by atoms with Crippen LogP contribution in [-0.2, 0) is 11.3 Å². The first kappa shape index (κ1) is 16.7. The molecule has 0 radical (unpaired) electrons. The van der Waals surface area contributed by atoms with Crippen LogP contribution in [0.5, 0.6) is 0 Å². The molecule has 2 rings (SSSR count). The molecule has 0 aliphatic carbocycles. The monoisotopic (exact) mass is 318 g/mol. The van der Waals surface area contributed by atoms with Gasteiger partial charge in [0.15, 0.2) is 0 Å². The maximum absolute atomic E-state index is 10.9. The van der Waals surface area contributed by atoms with Gasteiger partial charge in [0, 0.05) is 24.2 Å². The molecule has 7 heteroatoms. The molecule has 0 bridgehead atoms. The predicted octanol–water partition coefficient (Wildman–Crippen LogP) is 3.01. The van der Waals surface area contributed by atoms with Crippen LogP contribution in [0.4, 0.5) is 5.69 Å². The Morgan fingerprint density at radius 1 is 1.30 bits per heavy atom. The summed E-state index contributed by atoms with van der Waals surface area (Å²) in [5, 5.41) is 19.6. The minimum absolute atomic E-state index is 0.0305. The predicted molar refractivity (Wildman–Crippen MR) is 83.9 cm³/mol. The third kappa shape index (κ3) is 4.40. The number of carboxylic acid groups (broad SMARTS) is 1. The van der Waals surface area contributed by atoms with Crippen molar-refractivity contribution < 1.29 is 19.2 Å². The number of nitrogens with zero attached hydrogens (tertiary/aromatic N) is 2. The van der Waals surface area contributed by atoms with Gasteiger partial charge in [-0.2, -0.15) is 0 Å². The Kier molecular flexibility index (Phi) is 5.13. The summed E-state index contributed by atoms with van der Waals surface area (Å²) in [4.78, 5) is 22.9. The number of carbonyl (C=O) groups is 1. The molecule has 7 nitrogen and oxygen atoms in total. The van der Waals surface area contributed by atoms with Crippen LogP contribution in [0.25, 0.3) is 11.3 Å². The molecule has 1 unspecified atom stereocenters. The highest BCUT2D eigenvalue weighted by molar-refractivity contribution is 5.69. The number of hydrogen-bond donors (Lipinski definition) is 1. The Balaban J connectivity index is 2.02. The lowest BCUT2D eigenvalue weighted by atomic mass is 10.1. The number of hydrogen-bond acceptors (Lipinski definition) is 5. The summed E-state index contributed by atoms with van der Waals surface area (Å²) in [5.41, 5.74) is 0.784. The van der Waals surface area contributed by atoms with Crippen molar-refractivity contribution in [2.75, 3.05) is 13.6 Å². The van der Waals surface area contributed by atoms with Crippen molar-refractivity contribution in [1.29, 1.82) is 0 Å². The van der Waals surface area contributed by atoms with E-state index in [1.54, 1.807) is 25.1 Å². The molecule has 1 aromatic heterocycles. The van der Waals surface area contributed by atoms with Crippen molar-refractivity contribution >= 4 is 11.7 Å². The summed E-state index contributed by atoms with van der Waals surface area (Å²) in [6, 6.07) is 9.74. The van der Waals surface area contributed by atoms with Crippen molar-refractivity contribution in [2.24, 2.45) is 5.92 Å². The zero-order valence-corrected chi connectivity index (χ0v) is 12.9. The van der Waals surface area contributed by atoms with Crippen LogP contribution >= 0.6 is 0 Å². The highest BCUT2D eigenvalue weighted by Gasteiger charge is 2.15. The number of nitro groups is 1. The van der Waals surface area contributed by atoms with Gasteiger partial charge in [-0.25, -0.2) is 0 Å². The van der Waals surface area contributed by atoms with Crippen molar-refractivity contribution in [3.63, 3.8) is 0 Å². The standard InChI is InChI=1S/C16H18N2O5/c1-11(16(19)20)9-17(2)10-14-7-8-15(23-14)12-3-5-13(6-4-12)18(21)22/h3-8,11H,9-10H2,1-2H3,(H,19,20). The molecule has 1 N–H and O–H groups in total. The average Bonchev–Trinajstić information content (AvgIpc) is 2.95. The normalized spacial score (nSPS) is 12.3. The van der Waals surface area contributed by atoms with Gasteiger partial charge in [0.1, 0.15) is 11.5 Å². The molecular weight excluding hydrogens is 300 g/mol. The lowest BCUT2D eigenvalue weighted by molar-refractivity contribution is -0.384. The fourth-order valence-corrected chi connectivity index (χ4v) is 2.24. The number of nitro benzene ring substituents is 1. The molecule has 0 amide bonds. The number of rotatable bonds is 7. The number of furan rings is 1. The zero-order valence-electron chi connectivity index (χ0n) is 12.9. The van der Waals surface area contributed by atoms with Crippen molar-refractivity contribution in [3.8, 4) is 11.3 Å². The summed E-state index contributed by atoms with van der Waals surface area (Å²) in [5.74, 6) is 0.0417. The highest BCUT2D eigenvalue weighted by Crippen LogP contribution is 2.25. The fourth-order valence-electron chi connectivity index (χ4n) is 2.24. The van der Waals surface area contributed by atoms with E-state index in [2.05, 4.69) is 0 Å². The van der Waals surface area contributed by atoms with Gasteiger partial charge in [0.05, 0.1) is 17.4 Å². The van der Waals surface area contributed by atoms with E-state index in [1.807, 2.05) is 18.0 Å². The van der Waals surface area contributed by atoms with Gasteiger partial charge in [0.25, 0.3) is 5.69 Å². The summed E-state index contributed by atoms with van der Waals surface area (Å²) < 4.78 is 5.72. The number of aliphatic carboxylic acids is 1. The van der Waals surface area contributed by atoms with Gasteiger partial charge in [-0.15, -0.1) is 0 Å². The van der Waals surface area contributed by atoms with Crippen LogP contribution in [0, 0.1) is 16.0 Å². The molecule has 1 heterocycles. The Morgan fingerprint density at radius 2 is 1.96 bits per heavy atom. The minimum atomic E-state index is -0.831. The van der Waals surface area contributed by atoms with Crippen LogP contribution < -0.4 is 0 Å². The molecule has 0 saturated carbocycles. The van der Waals surface area contributed by atoms with E-state index < -0.39 is 16.8 Å². The Bertz CT molecular complexity index is 693. The van der Waals surface area contributed by atoms with Gasteiger partial charge in [0.2, 0.25) is 0 Å². The van der Waals surface area contributed by atoms with E-state index in [1.165, 1.54) is 12.1 Å². The van der Waals surface area contributed by atoms with Gasteiger partial charge in [-0.3, -0.25) is 19.8 Å². The first-order valence-electron chi connectivity index (χ1n) is 7.11. The SMILES string of the molecule is CC(CN(C)Cc1ccc(-c2ccc([N+](=O)[O-])cc2)o1)C(=O)O. The molecule has 0 aliphatic rings. The smallest absolute Gasteiger partial charge is 0.307 e. The second-order valence-corrected chi connectivity index (χ2v) is 5.51. The maximum atomic E-state index is 10.9. The van der Waals surface area contributed by atoms with E-state index >= 15 is 0 Å². The first-order valence-corrected chi connectivity index (χ1v) is 7.11. The van der Waals surface area contributed by atoms with Crippen LogP contribution in [0.1, 0.15) is 12.7 Å². The summed E-state index contributed by atoms with van der Waals surface area (Å²) in [6.07, 6.45) is 0. The topological polar surface area (TPSA) is 96.8 Å². The molecule has 0 aliphatic heterocycles. The second-order valence-electron chi connectivity index (χ2n) is 5.51. The maximum Gasteiger partial charge on any atom is 0.307 e. The minimum Gasteiger partial charge on any atom is -0.481 e. The highest BCUT2D eigenvalue weighted by atomic mass is 16.6. The lowest BCUT2D eigenvalue weighted by Gasteiger charge is -2.17. The van der Waals surface area contributed by atoms with Crippen molar-refractivity contribution in [3.05, 3.63) is 52.3 Å². The van der Waals surface area contributed by atoms with Gasteiger partial charge >= 0.3 is 5.97 Å². The van der Waals surface area contributed by atoms with Crippen LogP contribution in [0.15, 0.2) is 40.8 Å². The summed E-state index contributed by atoms with van der Waals surface area (Å²) >= 11 is 0. The van der Waals surface area contributed by atoms with Gasteiger partial charge < -0.3 is 9.52 Å². The number of carboxylic acids is 1. The lowest BCUT2D eigenvalue weighted by Crippen LogP contribution is -2.28. The molecule has 1 aromatic carbocycles. The van der Waals surface area contributed by atoms with Gasteiger partial charge in [-0.05, 0) is 31.3 Å². The van der Waals surface area contributed by atoms with Crippen LogP contribution in [0.2, 0.25) is 0 Å². The zero-order chi connectivity index (χ0) is 17.0. The molecule has 23 heavy (non-hydrogen) atoms. The molecule has 2 aromatic rings. The summed E-state index contributed by atoms with van der Waals surface area (Å²) in [6.45, 7) is 2.57. The largest absolute Gasteiger partial charge is 0.481 e. The first-order chi connectivity index (χ1) is 10.9. The summed E-state index contributed by atoms with van der Waals surface area (Å²) in [7, 11) is 1.83. The molecule has 1 atom stereocenters. The molecule has 122 valence electrons. The van der Waals surface area contributed by atoms with Crippen LogP contribution in [-0.4, -0.2) is 34.5 Å². The Hall–Kier alpha value is -2.67.